The lowest BCUT2D eigenvalue weighted by molar-refractivity contribution is -0.129. The van der Waals surface area contributed by atoms with Crippen LogP contribution in [0.4, 0.5) is 0 Å². The van der Waals surface area contributed by atoms with E-state index in [2.05, 4.69) is 16.5 Å². The molecule has 1 saturated heterocycles. The van der Waals surface area contributed by atoms with E-state index in [1.54, 1.807) is 7.11 Å². The lowest BCUT2D eigenvalue weighted by Crippen LogP contribution is -2.30. The third-order valence-corrected chi connectivity index (χ3v) is 4.41. The van der Waals surface area contributed by atoms with Gasteiger partial charge >= 0.3 is 0 Å². The summed E-state index contributed by atoms with van der Waals surface area (Å²) in [6, 6.07) is 10.2. The minimum Gasteiger partial charge on any atom is -0.377 e. The molecule has 0 spiro atoms. The van der Waals surface area contributed by atoms with Gasteiger partial charge < -0.3 is 14.2 Å². The molecule has 1 fully saturated rings. The van der Waals surface area contributed by atoms with E-state index in [4.69, 9.17) is 4.74 Å². The summed E-state index contributed by atoms with van der Waals surface area (Å²) in [5, 5.41) is 0. The second kappa shape index (κ2) is 6.96. The van der Waals surface area contributed by atoms with Gasteiger partial charge in [0.05, 0.1) is 12.5 Å². The zero-order chi connectivity index (χ0) is 16.2. The Bertz CT molecular complexity index is 666. The van der Waals surface area contributed by atoms with Gasteiger partial charge in [-0.15, -0.1) is 0 Å². The number of amides is 1. The summed E-state index contributed by atoms with van der Waals surface area (Å²) in [5.74, 6) is 1.14. The van der Waals surface area contributed by atoms with E-state index in [9.17, 15) is 4.79 Å². The summed E-state index contributed by atoms with van der Waals surface area (Å²) >= 11 is 0. The molecule has 1 unspecified atom stereocenters. The van der Waals surface area contributed by atoms with Crippen LogP contribution in [0.2, 0.25) is 0 Å². The number of hydrogen-bond donors (Lipinski definition) is 0. The average Bonchev–Trinajstić information content (AvgIpc) is 3.16. The van der Waals surface area contributed by atoms with Crippen molar-refractivity contribution in [3.8, 4) is 0 Å². The number of imidazole rings is 1. The number of methoxy groups -OCH3 is 1. The van der Waals surface area contributed by atoms with Crippen LogP contribution in [0.5, 0.6) is 0 Å². The fourth-order valence-electron chi connectivity index (χ4n) is 3.29. The minimum absolute atomic E-state index is 0.199. The van der Waals surface area contributed by atoms with E-state index in [0.717, 1.165) is 36.6 Å². The van der Waals surface area contributed by atoms with Crippen molar-refractivity contribution in [3.05, 3.63) is 53.6 Å². The highest BCUT2D eigenvalue weighted by molar-refractivity contribution is 5.79. The number of ether oxygens (including phenoxy) is 1. The molecule has 2 aromatic rings. The molecular formula is C18H23N3O2. The zero-order valence-electron chi connectivity index (χ0n) is 13.7. The first-order valence-corrected chi connectivity index (χ1v) is 8.02. The maximum Gasteiger partial charge on any atom is 0.227 e. The van der Waals surface area contributed by atoms with Gasteiger partial charge in [0.15, 0.2) is 0 Å². The Morgan fingerprint density at radius 2 is 2.13 bits per heavy atom. The standard InChI is InChI=1S/C18H23N3O2/c1-14-11-19-17(13-23-2)21(14)16-8-9-20(12-16)18(22)10-15-6-4-3-5-7-15/h3-7,11,16H,8-10,12-13H2,1-2H3. The largest absolute Gasteiger partial charge is 0.377 e. The number of carbonyl (C=O) groups excluding carboxylic acids is 1. The SMILES string of the molecule is COCc1ncc(C)n1C1CCN(C(=O)Cc2ccccc2)C1. The summed E-state index contributed by atoms with van der Waals surface area (Å²) in [6.07, 6.45) is 3.32. The van der Waals surface area contributed by atoms with Crippen LogP contribution < -0.4 is 0 Å². The topological polar surface area (TPSA) is 47.4 Å². The van der Waals surface area contributed by atoms with Crippen molar-refractivity contribution in [3.63, 3.8) is 0 Å². The Morgan fingerprint density at radius 1 is 1.35 bits per heavy atom. The summed E-state index contributed by atoms with van der Waals surface area (Å²) in [6.45, 7) is 4.11. The maximum absolute atomic E-state index is 12.5. The number of nitrogens with zero attached hydrogens (tertiary/aromatic N) is 3. The molecule has 0 bridgehead atoms. The molecular weight excluding hydrogens is 290 g/mol. The highest BCUT2D eigenvalue weighted by atomic mass is 16.5. The first kappa shape index (κ1) is 15.7. The molecule has 2 heterocycles. The molecule has 0 N–H and O–H groups in total. The van der Waals surface area contributed by atoms with Crippen molar-refractivity contribution >= 4 is 5.91 Å². The van der Waals surface area contributed by atoms with Crippen LogP contribution >= 0.6 is 0 Å². The van der Waals surface area contributed by atoms with Crippen LogP contribution in [-0.4, -0.2) is 40.6 Å². The van der Waals surface area contributed by atoms with Crippen LogP contribution in [0.1, 0.15) is 29.5 Å². The normalized spacial score (nSPS) is 17.7. The first-order valence-electron chi connectivity index (χ1n) is 8.02. The molecule has 0 saturated carbocycles. The fraction of sp³-hybridized carbons (Fsp3) is 0.444. The van der Waals surface area contributed by atoms with E-state index < -0.39 is 0 Å². The number of aryl methyl sites for hydroxylation is 1. The monoisotopic (exact) mass is 313 g/mol. The van der Waals surface area contributed by atoms with Gasteiger partial charge in [0, 0.05) is 32.1 Å². The summed E-state index contributed by atoms with van der Waals surface area (Å²) < 4.78 is 7.45. The first-order chi connectivity index (χ1) is 11.2. The number of rotatable bonds is 5. The Kier molecular flexibility index (Phi) is 4.76. The molecule has 0 radical (unpaired) electrons. The molecule has 122 valence electrons. The highest BCUT2D eigenvalue weighted by Crippen LogP contribution is 2.25. The lowest BCUT2D eigenvalue weighted by Gasteiger charge is -2.19. The van der Waals surface area contributed by atoms with Gasteiger partial charge in [-0.1, -0.05) is 30.3 Å². The number of likely N-dealkylation sites (tertiary alicyclic amines) is 1. The van der Waals surface area contributed by atoms with E-state index in [1.807, 2.05) is 41.4 Å². The molecule has 1 aromatic carbocycles. The van der Waals surface area contributed by atoms with Crippen molar-refractivity contribution < 1.29 is 9.53 Å². The minimum atomic E-state index is 0.199. The molecule has 1 aliphatic rings. The third kappa shape index (κ3) is 3.45. The quantitative estimate of drug-likeness (QED) is 0.851. The molecule has 1 atom stereocenters. The number of hydrogen-bond acceptors (Lipinski definition) is 3. The van der Waals surface area contributed by atoms with Crippen molar-refractivity contribution in [2.24, 2.45) is 0 Å². The van der Waals surface area contributed by atoms with E-state index in [-0.39, 0.29) is 5.91 Å². The molecule has 1 amide bonds. The average molecular weight is 313 g/mol. The Labute approximate surface area is 136 Å². The van der Waals surface area contributed by atoms with Gasteiger partial charge in [-0.3, -0.25) is 4.79 Å². The van der Waals surface area contributed by atoms with Crippen LogP contribution in [0.25, 0.3) is 0 Å². The maximum atomic E-state index is 12.5. The highest BCUT2D eigenvalue weighted by Gasteiger charge is 2.29. The summed E-state index contributed by atoms with van der Waals surface area (Å²) in [7, 11) is 1.68. The Balaban J connectivity index is 1.66. The van der Waals surface area contributed by atoms with Crippen molar-refractivity contribution in [2.75, 3.05) is 20.2 Å². The van der Waals surface area contributed by atoms with E-state index >= 15 is 0 Å². The molecule has 23 heavy (non-hydrogen) atoms. The predicted molar refractivity (Wildman–Crippen MR) is 88.1 cm³/mol. The molecule has 5 nitrogen and oxygen atoms in total. The number of benzene rings is 1. The van der Waals surface area contributed by atoms with Crippen LogP contribution in [0, 0.1) is 6.92 Å². The Hall–Kier alpha value is -2.14. The van der Waals surface area contributed by atoms with Crippen molar-refractivity contribution in [1.29, 1.82) is 0 Å². The van der Waals surface area contributed by atoms with Crippen molar-refractivity contribution in [2.45, 2.75) is 32.4 Å². The van der Waals surface area contributed by atoms with Crippen LogP contribution in [0.15, 0.2) is 36.5 Å². The molecule has 5 heteroatoms. The van der Waals surface area contributed by atoms with Gasteiger partial charge in [-0.2, -0.15) is 0 Å². The molecule has 3 rings (SSSR count). The summed E-state index contributed by atoms with van der Waals surface area (Å²) in [5.41, 5.74) is 2.19. The van der Waals surface area contributed by atoms with Gasteiger partial charge in [0.25, 0.3) is 0 Å². The second-order valence-corrected chi connectivity index (χ2v) is 6.06. The summed E-state index contributed by atoms with van der Waals surface area (Å²) in [4.78, 5) is 18.9. The number of carbonyl (C=O) groups is 1. The van der Waals surface area contributed by atoms with Gasteiger partial charge in [0.2, 0.25) is 5.91 Å². The van der Waals surface area contributed by atoms with Gasteiger partial charge in [-0.25, -0.2) is 4.98 Å². The van der Waals surface area contributed by atoms with Gasteiger partial charge in [0.1, 0.15) is 12.4 Å². The zero-order valence-corrected chi connectivity index (χ0v) is 13.7. The smallest absolute Gasteiger partial charge is 0.227 e. The van der Waals surface area contributed by atoms with E-state index in [1.165, 1.54) is 0 Å². The fourth-order valence-corrected chi connectivity index (χ4v) is 3.29. The van der Waals surface area contributed by atoms with Crippen LogP contribution in [0.3, 0.4) is 0 Å². The van der Waals surface area contributed by atoms with E-state index in [0.29, 0.717) is 19.1 Å². The van der Waals surface area contributed by atoms with Crippen LogP contribution in [-0.2, 0) is 22.6 Å². The second-order valence-electron chi connectivity index (χ2n) is 6.06. The number of aromatic nitrogens is 2. The third-order valence-electron chi connectivity index (χ3n) is 4.41. The lowest BCUT2D eigenvalue weighted by atomic mass is 10.1. The Morgan fingerprint density at radius 3 is 2.87 bits per heavy atom. The van der Waals surface area contributed by atoms with Gasteiger partial charge in [-0.05, 0) is 18.9 Å². The van der Waals surface area contributed by atoms with Crippen molar-refractivity contribution in [1.82, 2.24) is 14.5 Å². The predicted octanol–water partition coefficient (Wildman–Crippen LogP) is 2.35. The molecule has 1 aromatic heterocycles. The molecule has 1 aliphatic heterocycles. The molecule has 0 aliphatic carbocycles.